The number of thiophene rings is 1. The number of hydrogen-bond acceptors (Lipinski definition) is 6. The molecule has 0 bridgehead atoms. The number of hydrogen-bond donors (Lipinski definition) is 1. The summed E-state index contributed by atoms with van der Waals surface area (Å²) in [6, 6.07) is 5.51. The van der Waals surface area contributed by atoms with Gasteiger partial charge in [-0.2, -0.15) is 0 Å². The second-order valence-corrected chi connectivity index (χ2v) is 6.95. The number of halogens is 1. The molecule has 118 valence electrons. The van der Waals surface area contributed by atoms with Crippen molar-refractivity contribution in [2.75, 3.05) is 18.8 Å². The summed E-state index contributed by atoms with van der Waals surface area (Å²) in [6.07, 6.45) is 5.55. The van der Waals surface area contributed by atoms with E-state index >= 15 is 0 Å². The van der Waals surface area contributed by atoms with E-state index in [0.29, 0.717) is 22.6 Å². The highest BCUT2D eigenvalue weighted by atomic mass is 35.5. The molecule has 4 rings (SSSR count). The Morgan fingerprint density at radius 1 is 1.30 bits per heavy atom. The minimum absolute atomic E-state index is 0.312. The maximum atomic E-state index is 6.10. The minimum atomic E-state index is 0.312. The first-order chi connectivity index (χ1) is 11.2. The fraction of sp³-hybridized carbons (Fsp3) is 0.250. The fourth-order valence-electron chi connectivity index (χ4n) is 2.67. The van der Waals surface area contributed by atoms with E-state index in [0.717, 1.165) is 36.3 Å². The van der Waals surface area contributed by atoms with Crippen molar-refractivity contribution < 1.29 is 4.42 Å². The highest BCUT2D eigenvalue weighted by Gasteiger charge is 2.15. The van der Waals surface area contributed by atoms with Gasteiger partial charge in [0, 0.05) is 24.5 Å². The van der Waals surface area contributed by atoms with Crippen molar-refractivity contribution in [3.05, 3.63) is 40.4 Å². The summed E-state index contributed by atoms with van der Waals surface area (Å²) in [6.45, 7) is 2.99. The van der Waals surface area contributed by atoms with Crippen LogP contribution in [0.2, 0.25) is 5.22 Å². The molecule has 0 spiro atoms. The zero-order valence-electron chi connectivity index (χ0n) is 12.3. The monoisotopic (exact) mass is 346 g/mol. The van der Waals surface area contributed by atoms with E-state index in [2.05, 4.69) is 33.1 Å². The van der Waals surface area contributed by atoms with Crippen LogP contribution in [0, 0.1) is 0 Å². The van der Waals surface area contributed by atoms with Crippen LogP contribution in [0.4, 0.5) is 5.82 Å². The summed E-state index contributed by atoms with van der Waals surface area (Å²) in [5.41, 5.74) is 6.10. The molecule has 0 atom stereocenters. The standard InChI is InChI=1S/C16H15ClN4OS/c17-13-5-4-12(22-13)15-19-14(18)11-8-10(23-16(11)20-15)9-21-6-2-1-3-7-21/h1-2,4-5,8H,3,6-7,9H2,(H2,18,19,20). The van der Waals surface area contributed by atoms with Gasteiger partial charge in [-0.25, -0.2) is 9.97 Å². The SMILES string of the molecule is Nc1nc(-c2ccc(Cl)o2)nc2sc(CN3CC=CCC3)cc12. The molecule has 1 aliphatic heterocycles. The third-order valence-electron chi connectivity index (χ3n) is 3.79. The Morgan fingerprint density at radius 2 is 2.22 bits per heavy atom. The fourth-order valence-corrected chi connectivity index (χ4v) is 3.89. The predicted octanol–water partition coefficient (Wildman–Crippen LogP) is 3.95. The molecule has 0 aliphatic carbocycles. The molecule has 7 heteroatoms. The van der Waals surface area contributed by atoms with Crippen LogP contribution >= 0.6 is 22.9 Å². The van der Waals surface area contributed by atoms with Crippen molar-refractivity contribution in [1.29, 1.82) is 0 Å². The van der Waals surface area contributed by atoms with Gasteiger partial charge in [0.25, 0.3) is 0 Å². The van der Waals surface area contributed by atoms with Crippen molar-refractivity contribution >= 4 is 39.0 Å². The average Bonchev–Trinajstić information content (AvgIpc) is 3.14. The molecular weight excluding hydrogens is 332 g/mol. The molecule has 0 aromatic carbocycles. The van der Waals surface area contributed by atoms with Gasteiger partial charge < -0.3 is 10.2 Å². The molecule has 1 aliphatic rings. The lowest BCUT2D eigenvalue weighted by molar-refractivity contribution is 0.293. The van der Waals surface area contributed by atoms with Gasteiger partial charge in [-0.15, -0.1) is 11.3 Å². The van der Waals surface area contributed by atoms with Gasteiger partial charge in [-0.3, -0.25) is 4.90 Å². The Balaban J connectivity index is 1.67. The lowest BCUT2D eigenvalue weighted by atomic mass is 10.2. The molecule has 3 aromatic rings. The molecule has 0 unspecified atom stereocenters. The zero-order chi connectivity index (χ0) is 15.8. The maximum Gasteiger partial charge on any atom is 0.199 e. The highest BCUT2D eigenvalue weighted by Crippen LogP contribution is 2.31. The molecule has 0 radical (unpaired) electrons. The van der Waals surface area contributed by atoms with Crippen LogP contribution in [0.1, 0.15) is 11.3 Å². The number of nitrogens with zero attached hydrogens (tertiary/aromatic N) is 3. The van der Waals surface area contributed by atoms with Gasteiger partial charge >= 0.3 is 0 Å². The number of rotatable bonds is 3. The summed E-state index contributed by atoms with van der Waals surface area (Å²) in [4.78, 5) is 13.4. The van der Waals surface area contributed by atoms with Crippen molar-refractivity contribution in [3.63, 3.8) is 0 Å². The van der Waals surface area contributed by atoms with E-state index < -0.39 is 0 Å². The van der Waals surface area contributed by atoms with Crippen LogP contribution in [-0.4, -0.2) is 28.0 Å². The number of nitrogens with two attached hydrogens (primary N) is 1. The molecule has 3 aromatic heterocycles. The third-order valence-corrected chi connectivity index (χ3v) is 5.01. The van der Waals surface area contributed by atoms with Crippen LogP contribution in [0.3, 0.4) is 0 Å². The summed E-state index contributed by atoms with van der Waals surface area (Å²) in [7, 11) is 0. The Hall–Kier alpha value is -1.89. The van der Waals surface area contributed by atoms with Crippen molar-refractivity contribution in [2.24, 2.45) is 0 Å². The number of anilines is 1. The van der Waals surface area contributed by atoms with Crippen LogP contribution in [0.15, 0.2) is 34.8 Å². The van der Waals surface area contributed by atoms with E-state index in [-0.39, 0.29) is 0 Å². The zero-order valence-corrected chi connectivity index (χ0v) is 13.9. The van der Waals surface area contributed by atoms with Crippen molar-refractivity contribution in [3.8, 4) is 11.6 Å². The first kappa shape index (κ1) is 14.7. The quantitative estimate of drug-likeness (QED) is 0.727. The second kappa shape index (κ2) is 5.96. The molecule has 0 saturated heterocycles. The van der Waals surface area contributed by atoms with Gasteiger partial charge in [0.15, 0.2) is 16.8 Å². The smallest absolute Gasteiger partial charge is 0.199 e. The van der Waals surface area contributed by atoms with Crippen LogP contribution < -0.4 is 5.73 Å². The van der Waals surface area contributed by atoms with Crippen molar-refractivity contribution in [2.45, 2.75) is 13.0 Å². The van der Waals surface area contributed by atoms with E-state index in [1.54, 1.807) is 23.5 Å². The van der Waals surface area contributed by atoms with Crippen LogP contribution in [0.25, 0.3) is 21.8 Å². The molecule has 0 amide bonds. The van der Waals surface area contributed by atoms with Crippen LogP contribution in [0.5, 0.6) is 0 Å². The van der Waals surface area contributed by atoms with Gasteiger partial charge in [0.1, 0.15) is 10.6 Å². The van der Waals surface area contributed by atoms with E-state index in [1.165, 1.54) is 4.88 Å². The van der Waals surface area contributed by atoms with E-state index in [1.807, 2.05) is 0 Å². The second-order valence-electron chi connectivity index (χ2n) is 5.46. The molecule has 4 heterocycles. The molecule has 2 N–H and O–H groups in total. The Kier molecular flexibility index (Phi) is 3.80. The summed E-state index contributed by atoms with van der Waals surface area (Å²) >= 11 is 7.47. The van der Waals surface area contributed by atoms with Crippen molar-refractivity contribution in [1.82, 2.24) is 14.9 Å². The molecular formula is C16H15ClN4OS. The Labute approximate surface area is 142 Å². The highest BCUT2D eigenvalue weighted by molar-refractivity contribution is 7.18. The summed E-state index contributed by atoms with van der Waals surface area (Å²) in [5.74, 6) is 1.47. The Bertz CT molecular complexity index is 885. The van der Waals surface area contributed by atoms with E-state index in [4.69, 9.17) is 21.8 Å². The first-order valence-corrected chi connectivity index (χ1v) is 8.57. The lowest BCUT2D eigenvalue weighted by Gasteiger charge is -2.21. The van der Waals surface area contributed by atoms with Crippen LogP contribution in [-0.2, 0) is 6.54 Å². The largest absolute Gasteiger partial charge is 0.441 e. The molecule has 5 nitrogen and oxygen atoms in total. The topological polar surface area (TPSA) is 68.2 Å². The number of nitrogen functional groups attached to an aromatic ring is 1. The van der Waals surface area contributed by atoms with Gasteiger partial charge in [-0.1, -0.05) is 12.2 Å². The van der Waals surface area contributed by atoms with Gasteiger partial charge in [-0.05, 0) is 36.2 Å². The molecule has 0 saturated carbocycles. The Morgan fingerprint density at radius 3 is 2.96 bits per heavy atom. The number of aromatic nitrogens is 2. The minimum Gasteiger partial charge on any atom is -0.441 e. The first-order valence-electron chi connectivity index (χ1n) is 7.38. The van der Waals surface area contributed by atoms with Gasteiger partial charge in [0.05, 0.1) is 5.39 Å². The summed E-state index contributed by atoms with van der Waals surface area (Å²) < 4.78 is 5.38. The predicted molar refractivity (Wildman–Crippen MR) is 93.6 cm³/mol. The third kappa shape index (κ3) is 2.97. The van der Waals surface area contributed by atoms with E-state index in [9.17, 15) is 0 Å². The maximum absolute atomic E-state index is 6.10. The normalized spacial score (nSPS) is 15.5. The average molecular weight is 347 g/mol. The number of fused-ring (bicyclic) bond motifs is 1. The lowest BCUT2D eigenvalue weighted by Crippen LogP contribution is -2.26. The number of furan rings is 1. The molecule has 23 heavy (non-hydrogen) atoms. The van der Waals surface area contributed by atoms with Gasteiger partial charge in [0.2, 0.25) is 0 Å². The molecule has 0 fully saturated rings. The summed E-state index contributed by atoms with van der Waals surface area (Å²) in [5, 5.41) is 1.21.